The van der Waals surface area contributed by atoms with E-state index in [2.05, 4.69) is 0 Å². The number of carbonyl (C=O) groups is 1. The van der Waals surface area contributed by atoms with E-state index >= 15 is 0 Å². The van der Waals surface area contributed by atoms with E-state index in [0.717, 1.165) is 0 Å². The highest BCUT2D eigenvalue weighted by atomic mass is 16.5. The normalized spacial score (nSPS) is 22.6. The van der Waals surface area contributed by atoms with E-state index in [9.17, 15) is 4.79 Å². The number of hydrogen-bond acceptors (Lipinski definition) is 2. The van der Waals surface area contributed by atoms with Crippen molar-refractivity contribution in [1.29, 1.82) is 0 Å². The van der Waals surface area contributed by atoms with Gasteiger partial charge in [0, 0.05) is 50.5 Å². The molecule has 3 aromatic rings. The molecule has 3 heteroatoms. The first-order chi connectivity index (χ1) is 22.2. The summed E-state index contributed by atoms with van der Waals surface area (Å²) in [6.07, 6.45) is -1.10. The molecule has 3 aromatic carbocycles. The standard InChI is InChI=1S/C29H35NO2/c1-21(2)30(22(3)4)29(31)19-26(25-14-10-7-11-15-25)27-18-23(5)16-17-28(27)32-20-24-12-8-6-9-13-24/h6-18,21-22,26H,19-20H2,1-5H3/t26-/m1/s1/i1D3,2D3,3D3,4D3,5D3,21D,22D. The molecule has 0 aliphatic heterocycles. The van der Waals surface area contributed by atoms with Gasteiger partial charge in [-0.3, -0.25) is 4.79 Å². The molecule has 0 unspecified atom stereocenters. The van der Waals surface area contributed by atoms with E-state index in [4.69, 9.17) is 28.0 Å². The smallest absolute Gasteiger partial charge is 0.223 e. The molecular weight excluding hydrogens is 394 g/mol. The largest absolute Gasteiger partial charge is 0.489 e. The van der Waals surface area contributed by atoms with Crippen LogP contribution < -0.4 is 4.74 Å². The van der Waals surface area contributed by atoms with Gasteiger partial charge in [0.1, 0.15) is 12.4 Å². The number of aryl methyl sites for hydroxylation is 1. The van der Waals surface area contributed by atoms with Gasteiger partial charge >= 0.3 is 0 Å². The Morgan fingerprint density at radius 3 is 2.22 bits per heavy atom. The van der Waals surface area contributed by atoms with E-state index in [-0.39, 0.29) is 29.0 Å². The van der Waals surface area contributed by atoms with Crippen LogP contribution in [0.25, 0.3) is 0 Å². The fourth-order valence-electron chi connectivity index (χ4n) is 3.41. The summed E-state index contributed by atoms with van der Waals surface area (Å²) in [5.41, 5.74) is 0.760. The average molecular weight is 447 g/mol. The molecule has 0 spiro atoms. The number of hydrogen-bond donors (Lipinski definition) is 0. The lowest BCUT2D eigenvalue weighted by molar-refractivity contribution is -0.135. The Hall–Kier alpha value is -3.07. The zero-order chi connectivity index (χ0) is 37.4. The van der Waals surface area contributed by atoms with Gasteiger partial charge in [-0.05, 0) is 51.5 Å². The van der Waals surface area contributed by atoms with Crippen molar-refractivity contribution in [3.05, 3.63) is 101 Å². The minimum absolute atomic E-state index is 0.0146. The second kappa shape index (κ2) is 11.0. The van der Waals surface area contributed by atoms with Gasteiger partial charge in [-0.15, -0.1) is 0 Å². The van der Waals surface area contributed by atoms with Gasteiger partial charge in [0.05, 0.1) is 2.74 Å². The van der Waals surface area contributed by atoms with E-state index in [1.54, 1.807) is 48.5 Å². The van der Waals surface area contributed by atoms with Crippen LogP contribution in [-0.2, 0) is 11.4 Å². The molecule has 168 valence electrons. The molecule has 0 heterocycles. The van der Waals surface area contributed by atoms with Crippen molar-refractivity contribution < 1.29 is 32.8 Å². The van der Waals surface area contributed by atoms with Crippen molar-refractivity contribution in [3.8, 4) is 5.75 Å². The van der Waals surface area contributed by atoms with Crippen LogP contribution in [-0.4, -0.2) is 22.8 Å². The molecule has 0 aliphatic rings. The fraction of sp³-hybridized carbons (Fsp3) is 0.345. The molecule has 0 saturated heterocycles. The summed E-state index contributed by atoms with van der Waals surface area (Å²) < 4.78 is 143. The minimum atomic E-state index is -4.25. The minimum Gasteiger partial charge on any atom is -0.489 e. The third-order valence-corrected chi connectivity index (χ3v) is 4.90. The van der Waals surface area contributed by atoms with Gasteiger partial charge in [0.25, 0.3) is 0 Å². The van der Waals surface area contributed by atoms with Gasteiger partial charge in [-0.2, -0.15) is 0 Å². The molecular formula is C29H35NO2. The van der Waals surface area contributed by atoms with Crippen LogP contribution in [0.3, 0.4) is 0 Å². The third kappa shape index (κ3) is 6.00. The second-order valence-electron chi connectivity index (χ2n) is 7.12. The monoisotopic (exact) mass is 446 g/mol. The van der Waals surface area contributed by atoms with Crippen molar-refractivity contribution in [2.75, 3.05) is 0 Å². The van der Waals surface area contributed by atoms with Crippen molar-refractivity contribution in [1.82, 2.24) is 4.90 Å². The topological polar surface area (TPSA) is 29.5 Å². The number of amides is 1. The molecule has 0 radical (unpaired) electrons. The van der Waals surface area contributed by atoms with Crippen LogP contribution >= 0.6 is 0 Å². The molecule has 0 aromatic heterocycles. The molecule has 0 saturated carbocycles. The van der Waals surface area contributed by atoms with Crippen LogP contribution in [0.2, 0.25) is 0 Å². The molecule has 0 fully saturated rings. The number of nitrogens with zero attached hydrogens (tertiary/aromatic N) is 1. The molecule has 3 rings (SSSR count). The predicted molar refractivity (Wildman–Crippen MR) is 132 cm³/mol. The summed E-state index contributed by atoms with van der Waals surface area (Å²) in [6.45, 7) is -19.0. The van der Waals surface area contributed by atoms with Crippen molar-refractivity contribution >= 4 is 5.91 Å². The summed E-state index contributed by atoms with van der Waals surface area (Å²) in [4.78, 5) is 13.8. The molecule has 1 amide bonds. The maximum atomic E-state index is 14.5. The van der Waals surface area contributed by atoms with Gasteiger partial charge in [-0.25, -0.2) is 0 Å². The van der Waals surface area contributed by atoms with Gasteiger partial charge in [0.2, 0.25) is 5.91 Å². The highest BCUT2D eigenvalue weighted by molar-refractivity contribution is 5.78. The zero-order valence-electron chi connectivity index (χ0n) is 34.3. The van der Waals surface area contributed by atoms with E-state index < -0.39 is 69.4 Å². The second-order valence-corrected chi connectivity index (χ2v) is 7.12. The summed E-state index contributed by atoms with van der Waals surface area (Å²) in [5, 5.41) is 0. The van der Waals surface area contributed by atoms with E-state index in [1.165, 1.54) is 30.3 Å². The van der Waals surface area contributed by atoms with Crippen LogP contribution in [0, 0.1) is 6.85 Å². The number of carbonyl (C=O) groups excluding carboxylic acids is 1. The van der Waals surface area contributed by atoms with Crippen LogP contribution in [0.5, 0.6) is 5.75 Å². The molecule has 0 bridgehead atoms. The first-order valence-corrected chi connectivity index (χ1v) is 9.87. The lowest BCUT2D eigenvalue weighted by Crippen LogP contribution is -2.42. The highest BCUT2D eigenvalue weighted by Gasteiger charge is 2.27. The van der Waals surface area contributed by atoms with E-state index in [0.29, 0.717) is 5.56 Å². The molecule has 32 heavy (non-hydrogen) atoms. The summed E-state index contributed by atoms with van der Waals surface area (Å²) >= 11 is 0. The lowest BCUT2D eigenvalue weighted by Gasteiger charge is -2.32. The summed E-state index contributed by atoms with van der Waals surface area (Å²) in [5.74, 6) is -3.11. The lowest BCUT2D eigenvalue weighted by atomic mass is 9.86. The summed E-state index contributed by atoms with van der Waals surface area (Å²) in [7, 11) is 0. The molecule has 0 N–H and O–H groups in total. The van der Waals surface area contributed by atoms with Crippen molar-refractivity contribution in [2.45, 2.75) is 65.2 Å². The molecule has 0 aliphatic carbocycles. The summed E-state index contributed by atoms with van der Waals surface area (Å²) in [6, 6.07) is 11.8. The van der Waals surface area contributed by atoms with Gasteiger partial charge < -0.3 is 9.64 Å². The fourth-order valence-corrected chi connectivity index (χ4v) is 3.41. The predicted octanol–water partition coefficient (Wildman–Crippen LogP) is 6.74. The van der Waals surface area contributed by atoms with Crippen molar-refractivity contribution in [3.63, 3.8) is 0 Å². The number of benzene rings is 3. The quantitative estimate of drug-likeness (QED) is 0.364. The molecule has 3 nitrogen and oxygen atoms in total. The van der Waals surface area contributed by atoms with E-state index in [1.807, 2.05) is 0 Å². The van der Waals surface area contributed by atoms with Gasteiger partial charge in [-0.1, -0.05) is 78.4 Å². The number of ether oxygens (including phenoxy) is 1. The zero-order valence-corrected chi connectivity index (χ0v) is 17.3. The van der Waals surface area contributed by atoms with Crippen LogP contribution in [0.4, 0.5) is 0 Å². The maximum absolute atomic E-state index is 14.5. The van der Waals surface area contributed by atoms with Crippen molar-refractivity contribution in [2.24, 2.45) is 0 Å². The maximum Gasteiger partial charge on any atom is 0.223 e. The third-order valence-electron chi connectivity index (χ3n) is 4.90. The average Bonchev–Trinajstić information content (AvgIpc) is 2.97. The Balaban J connectivity index is 2.38. The Kier molecular flexibility index (Phi) is 3.37. The molecule has 1 atom stereocenters. The number of rotatable bonds is 9. The highest BCUT2D eigenvalue weighted by Crippen LogP contribution is 2.36. The Labute approximate surface area is 216 Å². The Morgan fingerprint density at radius 2 is 1.59 bits per heavy atom. The van der Waals surface area contributed by atoms with Crippen LogP contribution in [0.15, 0.2) is 78.9 Å². The van der Waals surface area contributed by atoms with Gasteiger partial charge in [0.15, 0.2) is 0 Å². The first-order valence-electron chi connectivity index (χ1n) is 18.4. The SMILES string of the molecule is [2H]C([2H])([2H])c1ccc(OCc2ccccc2)c([C@H](CC(=O)N(C([2H])(C([2H])([2H])[2H])C([2H])([2H])[2H])C([2H])(C([2H])([2H])[2H])C([2H])([2H])[2H])c2ccccc2)c1. The van der Waals surface area contributed by atoms with Crippen LogP contribution in [0.1, 0.15) is 85.3 Å². The first kappa shape index (κ1) is 9.82. The Morgan fingerprint density at radius 1 is 0.938 bits per heavy atom. The Bertz CT molecular complexity index is 1510.